The molecule has 0 saturated carbocycles. The van der Waals surface area contributed by atoms with Crippen molar-refractivity contribution in [2.45, 2.75) is 77.9 Å². The van der Waals surface area contributed by atoms with Crippen LogP contribution in [0, 0.1) is 11.6 Å². The van der Waals surface area contributed by atoms with E-state index in [1.54, 1.807) is 71.9 Å². The van der Waals surface area contributed by atoms with Crippen LogP contribution in [-0.2, 0) is 27.2 Å². The highest BCUT2D eigenvalue weighted by Gasteiger charge is 2.38. The second kappa shape index (κ2) is 12.7. The topological polar surface area (TPSA) is 117 Å². The molecule has 0 saturated heterocycles. The van der Waals surface area contributed by atoms with Crippen molar-refractivity contribution in [3.8, 4) is 0 Å². The molecule has 0 aromatic heterocycles. The van der Waals surface area contributed by atoms with Gasteiger partial charge in [0.25, 0.3) is 5.91 Å². The highest BCUT2D eigenvalue weighted by atomic mass is 19.1. The van der Waals surface area contributed by atoms with Crippen LogP contribution in [0.3, 0.4) is 0 Å². The number of ether oxygens (including phenoxy) is 2. The molecule has 3 N–H and O–H groups in total. The van der Waals surface area contributed by atoms with E-state index in [9.17, 15) is 28.3 Å². The summed E-state index contributed by atoms with van der Waals surface area (Å²) in [5.74, 6) is -2.69. The molecular weight excluding hydrogens is 500 g/mol. The quantitative estimate of drug-likeness (QED) is 0.457. The van der Waals surface area contributed by atoms with Crippen LogP contribution >= 0.6 is 0 Å². The van der Waals surface area contributed by atoms with Gasteiger partial charge in [-0.2, -0.15) is 0 Å². The number of benzene rings is 2. The number of hydrogen-bond donors (Lipinski definition) is 3. The molecule has 2 atom stereocenters. The van der Waals surface area contributed by atoms with Gasteiger partial charge in [-0.1, -0.05) is 30.3 Å². The van der Waals surface area contributed by atoms with Gasteiger partial charge in [0.1, 0.15) is 22.8 Å². The molecule has 0 heterocycles. The maximum absolute atomic E-state index is 13.9. The second-order valence-electron chi connectivity index (χ2n) is 10.7. The molecule has 38 heavy (non-hydrogen) atoms. The maximum Gasteiger partial charge on any atom is 0.429 e. The molecule has 9 nitrogen and oxygen atoms in total. The Bertz CT molecular complexity index is 1100. The van der Waals surface area contributed by atoms with Crippen molar-refractivity contribution < 1.29 is 37.7 Å². The first-order valence-electron chi connectivity index (χ1n) is 12.0. The molecule has 11 heteroatoms. The Morgan fingerprint density at radius 2 is 1.45 bits per heavy atom. The van der Waals surface area contributed by atoms with Crippen molar-refractivity contribution in [1.29, 1.82) is 0 Å². The van der Waals surface area contributed by atoms with E-state index in [0.717, 1.165) is 17.7 Å². The Morgan fingerprint density at radius 1 is 0.895 bits per heavy atom. The van der Waals surface area contributed by atoms with Gasteiger partial charge in [-0.05, 0) is 71.2 Å². The van der Waals surface area contributed by atoms with Gasteiger partial charge in [0, 0.05) is 12.6 Å². The van der Waals surface area contributed by atoms with Gasteiger partial charge in [0.15, 0.2) is 6.10 Å². The number of nitrogens with zero attached hydrogens (tertiary/aromatic N) is 1. The molecule has 3 amide bonds. The van der Waals surface area contributed by atoms with Crippen molar-refractivity contribution in [3.05, 3.63) is 71.3 Å². The standard InChI is InChI=1S/C27H35F2N3O6/c1-26(2,3)37-24(35)31-32(25(36)38-27(4,5)6)21(14-18-12-19(28)15-20(29)13-18)22(33)23(34)30-16-17-10-8-7-9-11-17/h7-13,15,21-22,33H,14,16H2,1-6H3,(H,30,34)(H,31,35)/t21-,22?/m1/s1. The molecule has 0 aliphatic rings. The summed E-state index contributed by atoms with van der Waals surface area (Å²) in [4.78, 5) is 38.8. The van der Waals surface area contributed by atoms with E-state index in [1.807, 2.05) is 0 Å². The van der Waals surface area contributed by atoms with Gasteiger partial charge >= 0.3 is 12.2 Å². The largest absolute Gasteiger partial charge is 0.443 e. The number of hydrogen-bond acceptors (Lipinski definition) is 6. The average Bonchev–Trinajstić information content (AvgIpc) is 2.77. The number of nitrogens with one attached hydrogen (secondary N) is 2. The number of halogens is 2. The number of amides is 3. The van der Waals surface area contributed by atoms with Crippen molar-refractivity contribution in [2.75, 3.05) is 0 Å². The fraction of sp³-hybridized carbons (Fsp3) is 0.444. The molecule has 0 fully saturated rings. The average molecular weight is 536 g/mol. The van der Waals surface area contributed by atoms with E-state index in [1.165, 1.54) is 0 Å². The fourth-order valence-electron chi connectivity index (χ4n) is 3.35. The third kappa shape index (κ3) is 10.3. The monoisotopic (exact) mass is 535 g/mol. The fourth-order valence-corrected chi connectivity index (χ4v) is 3.35. The SMILES string of the molecule is CC(C)(C)OC(=O)NN(C(=O)OC(C)(C)C)[C@H](Cc1cc(F)cc(F)c1)C(O)C(=O)NCc1ccccc1. The summed E-state index contributed by atoms with van der Waals surface area (Å²) in [5, 5.41) is 14.2. The molecule has 2 aromatic carbocycles. The predicted molar refractivity (Wildman–Crippen MR) is 136 cm³/mol. The Kier molecular flexibility index (Phi) is 10.2. The van der Waals surface area contributed by atoms with Crippen LogP contribution in [-0.4, -0.2) is 51.6 Å². The van der Waals surface area contributed by atoms with Gasteiger partial charge in [0.05, 0.1) is 6.04 Å². The molecule has 0 bridgehead atoms. The minimum atomic E-state index is -1.95. The van der Waals surface area contributed by atoms with Gasteiger partial charge in [-0.3, -0.25) is 4.79 Å². The van der Waals surface area contributed by atoms with Crippen molar-refractivity contribution in [3.63, 3.8) is 0 Å². The molecule has 0 radical (unpaired) electrons. The van der Waals surface area contributed by atoms with Gasteiger partial charge in [-0.15, -0.1) is 0 Å². The smallest absolute Gasteiger partial charge is 0.429 e. The number of aliphatic hydroxyl groups is 1. The van der Waals surface area contributed by atoms with Crippen LogP contribution in [0.5, 0.6) is 0 Å². The zero-order chi connectivity index (χ0) is 28.7. The lowest BCUT2D eigenvalue weighted by molar-refractivity contribution is -0.133. The minimum Gasteiger partial charge on any atom is -0.443 e. The van der Waals surface area contributed by atoms with E-state index < -0.39 is 59.5 Å². The van der Waals surface area contributed by atoms with Crippen LogP contribution in [0.2, 0.25) is 0 Å². The zero-order valence-electron chi connectivity index (χ0n) is 22.4. The molecule has 2 rings (SSSR count). The van der Waals surface area contributed by atoms with Gasteiger partial charge in [-0.25, -0.2) is 28.8 Å². The van der Waals surface area contributed by atoms with Crippen molar-refractivity contribution in [1.82, 2.24) is 15.8 Å². The third-order valence-electron chi connectivity index (χ3n) is 4.84. The van der Waals surface area contributed by atoms with Crippen LogP contribution in [0.1, 0.15) is 52.7 Å². The minimum absolute atomic E-state index is 0.0157. The molecule has 208 valence electrons. The van der Waals surface area contributed by atoms with Gasteiger partial charge < -0.3 is 19.9 Å². The lowest BCUT2D eigenvalue weighted by Gasteiger charge is -2.35. The number of aliphatic hydroxyl groups excluding tert-OH is 1. The Hall–Kier alpha value is -3.73. The van der Waals surface area contributed by atoms with E-state index in [-0.39, 0.29) is 12.1 Å². The highest BCUT2D eigenvalue weighted by molar-refractivity contribution is 5.83. The molecule has 0 spiro atoms. The first-order chi connectivity index (χ1) is 17.5. The molecule has 0 aliphatic heterocycles. The summed E-state index contributed by atoms with van der Waals surface area (Å²) in [6.07, 6.45) is -4.58. The van der Waals surface area contributed by atoms with E-state index in [4.69, 9.17) is 9.47 Å². The first kappa shape index (κ1) is 30.5. The van der Waals surface area contributed by atoms with E-state index in [2.05, 4.69) is 10.7 Å². The van der Waals surface area contributed by atoms with Crippen LogP contribution in [0.15, 0.2) is 48.5 Å². The number of rotatable bonds is 7. The number of carbonyl (C=O) groups is 3. The highest BCUT2D eigenvalue weighted by Crippen LogP contribution is 2.19. The molecule has 1 unspecified atom stereocenters. The van der Waals surface area contributed by atoms with Crippen molar-refractivity contribution >= 4 is 18.1 Å². The molecular formula is C27H35F2N3O6. The third-order valence-corrected chi connectivity index (χ3v) is 4.84. The summed E-state index contributed by atoms with van der Waals surface area (Å²) in [7, 11) is 0. The van der Waals surface area contributed by atoms with E-state index in [0.29, 0.717) is 11.1 Å². The maximum atomic E-state index is 13.9. The van der Waals surface area contributed by atoms with E-state index >= 15 is 0 Å². The molecule has 2 aromatic rings. The lowest BCUT2D eigenvalue weighted by Crippen LogP contribution is -2.61. The normalized spacial score (nSPS) is 13.2. The van der Waals surface area contributed by atoms with Crippen LogP contribution in [0.25, 0.3) is 0 Å². The molecule has 0 aliphatic carbocycles. The lowest BCUT2D eigenvalue weighted by atomic mass is 9.99. The summed E-state index contributed by atoms with van der Waals surface area (Å²) in [6.45, 7) is 9.60. The van der Waals surface area contributed by atoms with Gasteiger partial charge in [0.2, 0.25) is 0 Å². The summed E-state index contributed by atoms with van der Waals surface area (Å²) in [6, 6.07) is 9.96. The summed E-state index contributed by atoms with van der Waals surface area (Å²) >= 11 is 0. The Labute approximate surface area is 221 Å². The van der Waals surface area contributed by atoms with Crippen LogP contribution in [0.4, 0.5) is 18.4 Å². The number of hydrazine groups is 1. The summed E-state index contributed by atoms with van der Waals surface area (Å²) < 4.78 is 38.5. The zero-order valence-corrected chi connectivity index (χ0v) is 22.4. The Balaban J connectivity index is 2.44. The number of carbonyl (C=O) groups excluding carboxylic acids is 3. The summed E-state index contributed by atoms with van der Waals surface area (Å²) in [5.41, 5.74) is 1.01. The van der Waals surface area contributed by atoms with Crippen molar-refractivity contribution in [2.24, 2.45) is 0 Å². The predicted octanol–water partition coefficient (Wildman–Crippen LogP) is 4.23. The Morgan fingerprint density at radius 3 is 1.97 bits per heavy atom. The van der Waals surface area contributed by atoms with Crippen LogP contribution < -0.4 is 10.7 Å². The second-order valence-corrected chi connectivity index (χ2v) is 10.7. The first-order valence-corrected chi connectivity index (χ1v) is 12.0.